The van der Waals surface area contributed by atoms with Gasteiger partial charge in [-0.2, -0.15) is 0 Å². The molecule has 1 aliphatic carbocycles. The molecule has 2 heteroatoms. The maximum absolute atomic E-state index is 6.35. The van der Waals surface area contributed by atoms with Gasteiger partial charge in [0.15, 0.2) is 0 Å². The van der Waals surface area contributed by atoms with Crippen LogP contribution in [0.5, 0.6) is 0 Å². The van der Waals surface area contributed by atoms with E-state index in [1.807, 2.05) is 12.3 Å². The summed E-state index contributed by atoms with van der Waals surface area (Å²) < 4.78 is 0. The summed E-state index contributed by atoms with van der Waals surface area (Å²) in [4.78, 5) is 4.40. The standard InChI is InChI=1S/C16H18ClN/c17-15(13-8-9-13)6-3-4-12-10-11-18-16-7-2-1-5-14(12)16/h1-2,5,7,10-11,13,15H,3-4,6,8-9H2. The number of aromatic nitrogens is 1. The van der Waals surface area contributed by atoms with E-state index in [4.69, 9.17) is 11.6 Å². The van der Waals surface area contributed by atoms with Gasteiger partial charge in [-0.1, -0.05) is 18.2 Å². The Morgan fingerprint density at radius 3 is 2.89 bits per heavy atom. The molecule has 0 radical (unpaired) electrons. The summed E-state index contributed by atoms with van der Waals surface area (Å²) in [6.45, 7) is 0. The highest BCUT2D eigenvalue weighted by atomic mass is 35.5. The minimum Gasteiger partial charge on any atom is -0.256 e. The second-order valence-electron chi connectivity index (χ2n) is 5.23. The monoisotopic (exact) mass is 259 g/mol. The van der Waals surface area contributed by atoms with Crippen molar-refractivity contribution in [2.75, 3.05) is 0 Å². The average molecular weight is 260 g/mol. The molecule has 0 aliphatic heterocycles. The van der Waals surface area contributed by atoms with Gasteiger partial charge in [-0.3, -0.25) is 4.98 Å². The van der Waals surface area contributed by atoms with Gasteiger partial charge < -0.3 is 0 Å². The second kappa shape index (κ2) is 5.27. The van der Waals surface area contributed by atoms with Gasteiger partial charge in [-0.05, 0) is 55.7 Å². The molecule has 3 rings (SSSR count). The third-order valence-corrected chi connectivity index (χ3v) is 4.37. The van der Waals surface area contributed by atoms with Crippen LogP contribution in [0.1, 0.15) is 31.2 Å². The average Bonchev–Trinajstić information content (AvgIpc) is 3.23. The van der Waals surface area contributed by atoms with Crippen LogP contribution in [0, 0.1) is 5.92 Å². The molecule has 18 heavy (non-hydrogen) atoms. The first-order valence-corrected chi connectivity index (χ1v) is 7.25. The van der Waals surface area contributed by atoms with E-state index in [0.717, 1.165) is 24.3 Å². The molecule has 1 aliphatic rings. The lowest BCUT2D eigenvalue weighted by Crippen LogP contribution is -2.01. The number of benzene rings is 1. The minimum absolute atomic E-state index is 0.401. The molecule has 1 unspecified atom stereocenters. The molecule has 0 amide bonds. The summed E-state index contributed by atoms with van der Waals surface area (Å²) >= 11 is 6.35. The van der Waals surface area contributed by atoms with E-state index in [1.165, 1.54) is 30.2 Å². The lowest BCUT2D eigenvalue weighted by atomic mass is 10.0. The van der Waals surface area contributed by atoms with Crippen LogP contribution in [0.15, 0.2) is 36.5 Å². The van der Waals surface area contributed by atoms with Gasteiger partial charge in [0.2, 0.25) is 0 Å². The molecular formula is C16H18ClN. The molecule has 1 aromatic heterocycles. The predicted octanol–water partition coefficient (Wildman–Crippen LogP) is 4.57. The number of hydrogen-bond acceptors (Lipinski definition) is 1. The molecule has 0 saturated heterocycles. The van der Waals surface area contributed by atoms with Crippen LogP contribution >= 0.6 is 11.6 Å². The quantitative estimate of drug-likeness (QED) is 0.717. The zero-order valence-electron chi connectivity index (χ0n) is 10.5. The normalized spacial score (nSPS) is 16.9. The van der Waals surface area contributed by atoms with Crippen molar-refractivity contribution < 1.29 is 0 Å². The van der Waals surface area contributed by atoms with Crippen LogP contribution in [0.25, 0.3) is 10.9 Å². The maximum atomic E-state index is 6.35. The van der Waals surface area contributed by atoms with E-state index in [1.54, 1.807) is 0 Å². The Hall–Kier alpha value is -1.08. The van der Waals surface area contributed by atoms with Crippen molar-refractivity contribution in [2.45, 2.75) is 37.5 Å². The zero-order chi connectivity index (χ0) is 12.4. The number of fused-ring (bicyclic) bond motifs is 1. The van der Waals surface area contributed by atoms with Crippen LogP contribution in [0.3, 0.4) is 0 Å². The molecule has 1 aromatic carbocycles. The smallest absolute Gasteiger partial charge is 0.0704 e. The fourth-order valence-electron chi connectivity index (χ4n) is 2.55. The Morgan fingerprint density at radius 2 is 2.06 bits per heavy atom. The highest BCUT2D eigenvalue weighted by Gasteiger charge is 2.28. The Morgan fingerprint density at radius 1 is 1.22 bits per heavy atom. The predicted molar refractivity (Wildman–Crippen MR) is 77.0 cm³/mol. The van der Waals surface area contributed by atoms with Crippen molar-refractivity contribution in [1.82, 2.24) is 4.98 Å². The summed E-state index contributed by atoms with van der Waals surface area (Å²) in [5, 5.41) is 1.69. The van der Waals surface area contributed by atoms with Crippen LogP contribution in [-0.4, -0.2) is 10.4 Å². The molecule has 94 valence electrons. The summed E-state index contributed by atoms with van der Waals surface area (Å²) in [5.74, 6) is 0.806. The van der Waals surface area contributed by atoms with Gasteiger partial charge in [0.1, 0.15) is 0 Å². The molecule has 0 N–H and O–H groups in total. The fourth-order valence-corrected chi connectivity index (χ4v) is 2.96. The van der Waals surface area contributed by atoms with Gasteiger partial charge in [0, 0.05) is 17.0 Å². The molecule has 0 bridgehead atoms. The summed E-state index contributed by atoms with van der Waals surface area (Å²) in [5.41, 5.74) is 2.50. The van der Waals surface area contributed by atoms with E-state index in [9.17, 15) is 0 Å². The molecule has 1 heterocycles. The topological polar surface area (TPSA) is 12.9 Å². The molecule has 1 saturated carbocycles. The fraction of sp³-hybridized carbons (Fsp3) is 0.438. The van der Waals surface area contributed by atoms with Crippen LogP contribution in [0.4, 0.5) is 0 Å². The number of nitrogens with zero attached hydrogens (tertiary/aromatic N) is 1. The lowest BCUT2D eigenvalue weighted by molar-refractivity contribution is 0.638. The van der Waals surface area contributed by atoms with Crippen molar-refractivity contribution >= 4 is 22.5 Å². The van der Waals surface area contributed by atoms with Gasteiger partial charge in [-0.25, -0.2) is 0 Å². The van der Waals surface area contributed by atoms with Gasteiger partial charge in [0.25, 0.3) is 0 Å². The van der Waals surface area contributed by atoms with Crippen LogP contribution < -0.4 is 0 Å². The molecule has 0 spiro atoms. The molecule has 1 nitrogen and oxygen atoms in total. The van der Waals surface area contributed by atoms with Gasteiger partial charge in [-0.15, -0.1) is 11.6 Å². The summed E-state index contributed by atoms with van der Waals surface area (Å²) in [6.07, 6.45) is 8.02. The highest BCUT2D eigenvalue weighted by Crippen LogP contribution is 2.37. The lowest BCUT2D eigenvalue weighted by Gasteiger charge is -2.09. The van der Waals surface area contributed by atoms with Crippen molar-refractivity contribution in [3.05, 3.63) is 42.1 Å². The molecule has 2 aromatic rings. The second-order valence-corrected chi connectivity index (χ2v) is 5.79. The van der Waals surface area contributed by atoms with Crippen molar-refractivity contribution in [3.63, 3.8) is 0 Å². The third-order valence-electron chi connectivity index (χ3n) is 3.80. The van der Waals surface area contributed by atoms with Crippen LogP contribution in [-0.2, 0) is 6.42 Å². The first-order valence-electron chi connectivity index (χ1n) is 6.81. The van der Waals surface area contributed by atoms with Crippen molar-refractivity contribution in [1.29, 1.82) is 0 Å². The molecular weight excluding hydrogens is 242 g/mol. The SMILES string of the molecule is ClC(CCCc1ccnc2ccccc12)C1CC1. The van der Waals surface area contributed by atoms with E-state index in [-0.39, 0.29) is 0 Å². The van der Waals surface area contributed by atoms with E-state index in [0.29, 0.717) is 5.38 Å². The first-order chi connectivity index (χ1) is 8.84. The number of alkyl halides is 1. The number of halogens is 1. The first kappa shape index (κ1) is 12.0. The molecule has 1 fully saturated rings. The Balaban J connectivity index is 1.66. The summed E-state index contributed by atoms with van der Waals surface area (Å²) in [6, 6.07) is 10.5. The number of hydrogen-bond donors (Lipinski definition) is 0. The maximum Gasteiger partial charge on any atom is 0.0704 e. The van der Waals surface area contributed by atoms with Gasteiger partial charge in [0.05, 0.1) is 5.52 Å². The number of para-hydroxylation sites is 1. The van der Waals surface area contributed by atoms with Crippen LogP contribution in [0.2, 0.25) is 0 Å². The zero-order valence-corrected chi connectivity index (χ0v) is 11.2. The third kappa shape index (κ3) is 2.67. The summed E-state index contributed by atoms with van der Waals surface area (Å²) in [7, 11) is 0. The Bertz CT molecular complexity index is 528. The van der Waals surface area contributed by atoms with Crippen molar-refractivity contribution in [2.24, 2.45) is 5.92 Å². The Kier molecular flexibility index (Phi) is 3.51. The number of rotatable bonds is 5. The number of aryl methyl sites for hydroxylation is 1. The largest absolute Gasteiger partial charge is 0.256 e. The molecule has 1 atom stereocenters. The van der Waals surface area contributed by atoms with Gasteiger partial charge >= 0.3 is 0 Å². The minimum atomic E-state index is 0.401. The van der Waals surface area contributed by atoms with E-state index in [2.05, 4.69) is 29.2 Å². The Labute approximate surface area is 113 Å². The van der Waals surface area contributed by atoms with E-state index >= 15 is 0 Å². The van der Waals surface area contributed by atoms with E-state index < -0.39 is 0 Å². The number of pyridine rings is 1. The van der Waals surface area contributed by atoms with Crippen molar-refractivity contribution in [3.8, 4) is 0 Å². The highest BCUT2D eigenvalue weighted by molar-refractivity contribution is 6.20.